The second kappa shape index (κ2) is 4.74. The van der Waals surface area contributed by atoms with Crippen LogP contribution in [0.4, 0.5) is 0 Å². The van der Waals surface area contributed by atoms with Crippen LogP contribution in [0.5, 0.6) is 0 Å². The molecule has 1 atom stereocenters. The molecule has 1 aromatic heterocycles. The van der Waals surface area contributed by atoms with Crippen LogP contribution in [0.3, 0.4) is 0 Å². The lowest BCUT2D eigenvalue weighted by Crippen LogP contribution is -2.41. The molecule has 0 amide bonds. The van der Waals surface area contributed by atoms with E-state index in [0.717, 1.165) is 23.5 Å². The van der Waals surface area contributed by atoms with Crippen LogP contribution >= 0.6 is 11.3 Å². The molecule has 1 saturated carbocycles. The molecule has 2 rings (SSSR count). The Balaban J connectivity index is 2.16. The predicted octanol–water partition coefficient (Wildman–Crippen LogP) is 1.82. The Morgan fingerprint density at radius 3 is 2.82 bits per heavy atom. The maximum atomic E-state index is 11.5. The quantitative estimate of drug-likeness (QED) is 0.812. The number of carbonyl (C=O) groups is 1. The lowest BCUT2D eigenvalue weighted by Gasteiger charge is -2.27. The minimum atomic E-state index is -0.818. The Labute approximate surface area is 105 Å². The zero-order valence-corrected chi connectivity index (χ0v) is 10.8. The zero-order valence-electron chi connectivity index (χ0n) is 9.98. The summed E-state index contributed by atoms with van der Waals surface area (Å²) in [6, 6.07) is 0. The third-order valence-corrected chi connectivity index (χ3v) is 4.23. The van der Waals surface area contributed by atoms with Crippen LogP contribution in [0.2, 0.25) is 0 Å². The highest BCUT2D eigenvalue weighted by molar-refractivity contribution is 7.09. The lowest BCUT2D eigenvalue weighted by atomic mass is 9.78. The molecule has 1 aliphatic carbocycles. The number of carboxylic acid groups (broad SMARTS) is 1. The van der Waals surface area contributed by atoms with Gasteiger partial charge in [0.1, 0.15) is 0 Å². The maximum Gasteiger partial charge on any atom is 0.311 e. The molecule has 0 aliphatic heterocycles. The largest absolute Gasteiger partial charge is 0.481 e. The fraction of sp³-hybridized carbons (Fsp3) is 0.667. The smallest absolute Gasteiger partial charge is 0.311 e. The molecule has 3 N–H and O–H groups in total. The number of nitrogens with zero attached hydrogens (tertiary/aromatic N) is 1. The highest BCUT2D eigenvalue weighted by Crippen LogP contribution is 2.41. The molecule has 1 aliphatic rings. The van der Waals surface area contributed by atoms with E-state index in [-0.39, 0.29) is 6.54 Å². The summed E-state index contributed by atoms with van der Waals surface area (Å²) in [6.07, 6.45) is 3.44. The second-order valence-electron chi connectivity index (χ2n) is 4.97. The van der Waals surface area contributed by atoms with Crippen molar-refractivity contribution in [2.75, 3.05) is 6.54 Å². The van der Waals surface area contributed by atoms with Gasteiger partial charge < -0.3 is 10.8 Å². The third-order valence-electron chi connectivity index (χ3n) is 3.41. The number of aryl methyl sites for hydroxylation is 1. The number of aromatic nitrogens is 1. The monoisotopic (exact) mass is 254 g/mol. The van der Waals surface area contributed by atoms with Gasteiger partial charge in [0.05, 0.1) is 16.1 Å². The van der Waals surface area contributed by atoms with Crippen molar-refractivity contribution in [1.82, 2.24) is 4.98 Å². The highest BCUT2D eigenvalue weighted by atomic mass is 32.1. The molecule has 1 aromatic rings. The van der Waals surface area contributed by atoms with Crippen LogP contribution in [0.25, 0.3) is 0 Å². The molecule has 94 valence electrons. The van der Waals surface area contributed by atoms with Gasteiger partial charge in [-0.25, -0.2) is 4.98 Å². The van der Waals surface area contributed by atoms with Crippen molar-refractivity contribution >= 4 is 17.3 Å². The molecule has 1 fully saturated rings. The number of hydrogen-bond donors (Lipinski definition) is 2. The van der Waals surface area contributed by atoms with Gasteiger partial charge in [-0.2, -0.15) is 0 Å². The van der Waals surface area contributed by atoms with E-state index in [2.05, 4.69) is 4.98 Å². The van der Waals surface area contributed by atoms with Crippen molar-refractivity contribution in [3.8, 4) is 0 Å². The summed E-state index contributed by atoms with van der Waals surface area (Å²) >= 11 is 1.56. The van der Waals surface area contributed by atoms with E-state index >= 15 is 0 Å². The number of thiazole rings is 1. The molecule has 1 unspecified atom stereocenters. The lowest BCUT2D eigenvalue weighted by molar-refractivity contribution is -0.149. The molecule has 4 nitrogen and oxygen atoms in total. The third kappa shape index (κ3) is 2.84. The molecule has 1 heterocycles. The predicted molar refractivity (Wildman–Crippen MR) is 67.0 cm³/mol. The molecule has 17 heavy (non-hydrogen) atoms. The SMILES string of the molecule is Cc1nc(CC(CN)(CC2CC2)C(=O)O)cs1. The number of carboxylic acids is 1. The maximum absolute atomic E-state index is 11.5. The van der Waals surface area contributed by atoms with Crippen LogP contribution < -0.4 is 5.73 Å². The first-order valence-corrected chi connectivity index (χ1v) is 6.78. The zero-order chi connectivity index (χ0) is 12.5. The number of hydrogen-bond acceptors (Lipinski definition) is 4. The van der Waals surface area contributed by atoms with E-state index in [0.29, 0.717) is 18.8 Å². The van der Waals surface area contributed by atoms with Gasteiger partial charge in [-0.1, -0.05) is 12.8 Å². The van der Waals surface area contributed by atoms with E-state index in [1.807, 2.05) is 12.3 Å². The summed E-state index contributed by atoms with van der Waals surface area (Å²) in [4.78, 5) is 15.9. The average Bonchev–Trinajstić information content (AvgIpc) is 3.00. The van der Waals surface area contributed by atoms with Crippen molar-refractivity contribution in [2.45, 2.75) is 32.6 Å². The topological polar surface area (TPSA) is 76.2 Å². The van der Waals surface area contributed by atoms with Crippen LogP contribution in [0, 0.1) is 18.3 Å². The molecule has 0 saturated heterocycles. The van der Waals surface area contributed by atoms with Crippen molar-refractivity contribution in [1.29, 1.82) is 0 Å². The first-order valence-electron chi connectivity index (χ1n) is 5.90. The summed E-state index contributed by atoms with van der Waals surface area (Å²) in [5.74, 6) is -0.230. The van der Waals surface area contributed by atoms with E-state index in [4.69, 9.17) is 5.73 Å². The summed E-state index contributed by atoms with van der Waals surface area (Å²) in [6.45, 7) is 2.12. The molecule has 0 radical (unpaired) electrons. The Bertz CT molecular complexity index is 414. The normalized spacial score (nSPS) is 18.9. The Kier molecular flexibility index (Phi) is 3.49. The van der Waals surface area contributed by atoms with Crippen LogP contribution in [-0.4, -0.2) is 22.6 Å². The van der Waals surface area contributed by atoms with Gasteiger partial charge in [-0.3, -0.25) is 4.79 Å². The van der Waals surface area contributed by atoms with Crippen molar-refractivity contribution < 1.29 is 9.90 Å². The minimum Gasteiger partial charge on any atom is -0.481 e. The van der Waals surface area contributed by atoms with Crippen LogP contribution in [0.1, 0.15) is 30.0 Å². The highest BCUT2D eigenvalue weighted by Gasteiger charge is 2.42. The first kappa shape index (κ1) is 12.5. The van der Waals surface area contributed by atoms with E-state index < -0.39 is 11.4 Å². The van der Waals surface area contributed by atoms with Gasteiger partial charge in [0.25, 0.3) is 0 Å². The summed E-state index contributed by atoms with van der Waals surface area (Å²) in [7, 11) is 0. The number of rotatable bonds is 6. The Morgan fingerprint density at radius 2 is 2.41 bits per heavy atom. The fourth-order valence-corrected chi connectivity index (χ4v) is 2.80. The molecule has 0 bridgehead atoms. The van der Waals surface area contributed by atoms with E-state index in [1.165, 1.54) is 0 Å². The van der Waals surface area contributed by atoms with Crippen molar-refractivity contribution in [3.63, 3.8) is 0 Å². The number of nitrogens with two attached hydrogens (primary N) is 1. The Hall–Kier alpha value is -0.940. The first-order chi connectivity index (χ1) is 8.05. The van der Waals surface area contributed by atoms with Crippen molar-refractivity contribution in [2.24, 2.45) is 17.1 Å². The van der Waals surface area contributed by atoms with Crippen molar-refractivity contribution in [3.05, 3.63) is 16.1 Å². The van der Waals surface area contributed by atoms with Gasteiger partial charge >= 0.3 is 5.97 Å². The van der Waals surface area contributed by atoms with Gasteiger partial charge in [-0.05, 0) is 19.3 Å². The van der Waals surface area contributed by atoms with Gasteiger partial charge in [0.15, 0.2) is 0 Å². The Morgan fingerprint density at radius 1 is 1.71 bits per heavy atom. The fourth-order valence-electron chi connectivity index (χ4n) is 2.19. The summed E-state index contributed by atoms with van der Waals surface area (Å²) in [5.41, 5.74) is 5.78. The summed E-state index contributed by atoms with van der Waals surface area (Å²) in [5, 5.41) is 12.4. The standard InChI is InChI=1S/C12H18N2O2S/c1-8-14-10(6-17-8)5-12(7-13,11(15)16)4-9-2-3-9/h6,9H,2-5,7,13H2,1H3,(H,15,16). The summed E-state index contributed by atoms with van der Waals surface area (Å²) < 4.78 is 0. The average molecular weight is 254 g/mol. The molecular weight excluding hydrogens is 236 g/mol. The number of aliphatic carboxylic acids is 1. The molecule has 0 spiro atoms. The van der Waals surface area contributed by atoms with Gasteiger partial charge in [-0.15, -0.1) is 11.3 Å². The van der Waals surface area contributed by atoms with Crippen LogP contribution in [-0.2, 0) is 11.2 Å². The van der Waals surface area contributed by atoms with Gasteiger partial charge in [0, 0.05) is 18.3 Å². The molecule has 5 heteroatoms. The van der Waals surface area contributed by atoms with Crippen LogP contribution in [0.15, 0.2) is 5.38 Å². The molecule has 0 aromatic carbocycles. The van der Waals surface area contributed by atoms with Gasteiger partial charge in [0.2, 0.25) is 0 Å². The minimum absolute atomic E-state index is 0.190. The van der Waals surface area contributed by atoms with E-state index in [1.54, 1.807) is 11.3 Å². The van der Waals surface area contributed by atoms with E-state index in [9.17, 15) is 9.90 Å². The second-order valence-corrected chi connectivity index (χ2v) is 6.03. The molecular formula is C12H18N2O2S.